The third-order valence-corrected chi connectivity index (χ3v) is 5.33. The van der Waals surface area contributed by atoms with Gasteiger partial charge in [-0.05, 0) is 31.9 Å². The Labute approximate surface area is 136 Å². The monoisotopic (exact) mass is 324 g/mol. The highest BCUT2D eigenvalue weighted by Crippen LogP contribution is 2.26. The Hall–Kier alpha value is -2.47. The van der Waals surface area contributed by atoms with Crippen molar-refractivity contribution >= 4 is 27.3 Å². The number of benzene rings is 1. The van der Waals surface area contributed by atoms with Gasteiger partial charge in [-0.15, -0.1) is 16.4 Å². The van der Waals surface area contributed by atoms with Crippen LogP contribution in [0, 0.1) is 20.8 Å². The van der Waals surface area contributed by atoms with Gasteiger partial charge in [-0.1, -0.05) is 30.3 Å². The van der Waals surface area contributed by atoms with Crippen LogP contribution in [0.1, 0.15) is 21.8 Å². The van der Waals surface area contributed by atoms with Crippen molar-refractivity contribution in [2.45, 2.75) is 27.3 Å². The van der Waals surface area contributed by atoms with Crippen LogP contribution in [0.15, 0.2) is 35.1 Å². The third kappa shape index (κ3) is 2.09. The van der Waals surface area contributed by atoms with E-state index in [0.29, 0.717) is 17.7 Å². The number of rotatable bonds is 2. The number of hydrogen-bond donors (Lipinski definition) is 0. The van der Waals surface area contributed by atoms with E-state index in [9.17, 15) is 4.79 Å². The molecule has 116 valence electrons. The van der Waals surface area contributed by atoms with Gasteiger partial charge in [-0.25, -0.2) is 4.98 Å². The fourth-order valence-electron chi connectivity index (χ4n) is 2.83. The molecule has 0 N–H and O–H groups in total. The largest absolute Gasteiger partial charge is 0.292 e. The first-order valence-corrected chi connectivity index (χ1v) is 8.27. The van der Waals surface area contributed by atoms with E-state index in [2.05, 4.69) is 17.2 Å². The van der Waals surface area contributed by atoms with E-state index in [0.717, 1.165) is 26.7 Å². The molecule has 3 aromatic heterocycles. The van der Waals surface area contributed by atoms with E-state index in [1.54, 1.807) is 11.3 Å². The molecule has 0 spiro atoms. The Morgan fingerprint density at radius 3 is 2.61 bits per heavy atom. The van der Waals surface area contributed by atoms with Crippen LogP contribution in [0.3, 0.4) is 0 Å². The molecular formula is C17H16N4OS. The lowest BCUT2D eigenvalue weighted by Gasteiger charge is -2.05. The Bertz CT molecular complexity index is 1090. The van der Waals surface area contributed by atoms with Crippen LogP contribution >= 0.6 is 11.3 Å². The summed E-state index contributed by atoms with van der Waals surface area (Å²) in [6.45, 7) is 6.55. The molecule has 0 unspecified atom stereocenters. The van der Waals surface area contributed by atoms with Crippen LogP contribution < -0.4 is 5.56 Å². The molecule has 0 aliphatic carbocycles. The van der Waals surface area contributed by atoms with Gasteiger partial charge < -0.3 is 0 Å². The summed E-state index contributed by atoms with van der Waals surface area (Å²) in [6.07, 6.45) is 0. The van der Waals surface area contributed by atoms with Crippen molar-refractivity contribution in [3.63, 3.8) is 0 Å². The normalized spacial score (nSPS) is 11.6. The van der Waals surface area contributed by atoms with E-state index >= 15 is 0 Å². The van der Waals surface area contributed by atoms with Crippen LogP contribution in [0.5, 0.6) is 0 Å². The average molecular weight is 324 g/mol. The molecule has 0 fully saturated rings. The van der Waals surface area contributed by atoms with Crippen molar-refractivity contribution in [1.29, 1.82) is 0 Å². The van der Waals surface area contributed by atoms with Crippen molar-refractivity contribution < 1.29 is 0 Å². The van der Waals surface area contributed by atoms with E-state index in [1.807, 2.05) is 43.5 Å². The van der Waals surface area contributed by atoms with Crippen molar-refractivity contribution in [1.82, 2.24) is 19.2 Å². The maximum absolute atomic E-state index is 12.8. The molecule has 4 rings (SSSR count). The first-order valence-electron chi connectivity index (χ1n) is 7.46. The molecule has 0 saturated heterocycles. The first-order chi connectivity index (χ1) is 11.1. The van der Waals surface area contributed by atoms with Gasteiger partial charge in [-0.2, -0.15) is 4.52 Å². The second kappa shape index (κ2) is 5.03. The average Bonchev–Trinajstić information content (AvgIpc) is 3.00. The van der Waals surface area contributed by atoms with Crippen LogP contribution in [0.2, 0.25) is 0 Å². The number of aryl methyl sites for hydroxylation is 3. The molecule has 0 bridgehead atoms. The van der Waals surface area contributed by atoms with Crippen LogP contribution in [-0.2, 0) is 6.54 Å². The summed E-state index contributed by atoms with van der Waals surface area (Å²) < 4.78 is 3.42. The van der Waals surface area contributed by atoms with Crippen molar-refractivity contribution in [3.8, 4) is 0 Å². The van der Waals surface area contributed by atoms with Gasteiger partial charge in [-0.3, -0.25) is 9.36 Å². The molecule has 0 atom stereocenters. The van der Waals surface area contributed by atoms with Gasteiger partial charge in [0, 0.05) is 4.88 Å². The predicted molar refractivity (Wildman–Crippen MR) is 92.4 cm³/mol. The summed E-state index contributed by atoms with van der Waals surface area (Å²) in [5.41, 5.74) is 2.08. The molecule has 5 nitrogen and oxygen atoms in total. The topological polar surface area (TPSA) is 52.2 Å². The number of aromatic nitrogens is 4. The minimum absolute atomic E-state index is 0.0817. The zero-order valence-electron chi connectivity index (χ0n) is 13.2. The number of fused-ring (bicyclic) bond motifs is 2. The minimum Gasteiger partial charge on any atom is -0.292 e. The van der Waals surface area contributed by atoms with Crippen LogP contribution in [0.25, 0.3) is 16.0 Å². The smallest absolute Gasteiger partial charge is 0.284 e. The van der Waals surface area contributed by atoms with Gasteiger partial charge in [0.15, 0.2) is 0 Å². The summed E-state index contributed by atoms with van der Waals surface area (Å²) in [5, 5.41) is 5.11. The maximum Gasteiger partial charge on any atom is 0.284 e. The molecule has 0 saturated carbocycles. The Balaban J connectivity index is 2.01. The quantitative estimate of drug-likeness (QED) is 0.569. The second-order valence-electron chi connectivity index (χ2n) is 5.71. The summed E-state index contributed by atoms with van der Waals surface area (Å²) in [4.78, 5) is 19.4. The SMILES string of the molecule is Cc1sc2nc3n(Cc4ccccc4)c(C)nn3c(=O)c2c1C. The highest BCUT2D eigenvalue weighted by atomic mass is 32.1. The van der Waals surface area contributed by atoms with Crippen LogP contribution in [0.4, 0.5) is 0 Å². The lowest BCUT2D eigenvalue weighted by molar-refractivity contribution is 0.779. The lowest BCUT2D eigenvalue weighted by atomic mass is 10.2. The number of thiophene rings is 1. The third-order valence-electron chi connectivity index (χ3n) is 4.22. The predicted octanol–water partition coefficient (Wildman–Crippen LogP) is 3.08. The summed E-state index contributed by atoms with van der Waals surface area (Å²) in [7, 11) is 0. The number of nitrogens with zero attached hydrogens (tertiary/aromatic N) is 4. The molecule has 6 heteroatoms. The highest BCUT2D eigenvalue weighted by molar-refractivity contribution is 7.18. The summed E-state index contributed by atoms with van der Waals surface area (Å²) in [6, 6.07) is 10.1. The molecule has 0 aliphatic rings. The van der Waals surface area contributed by atoms with Crippen molar-refractivity contribution in [2.75, 3.05) is 0 Å². The Morgan fingerprint density at radius 1 is 1.13 bits per heavy atom. The Kier molecular flexibility index (Phi) is 3.09. The van der Waals surface area contributed by atoms with E-state index in [4.69, 9.17) is 4.98 Å². The first kappa shape index (κ1) is 14.1. The molecule has 4 aromatic rings. The number of hydrogen-bond acceptors (Lipinski definition) is 4. The Morgan fingerprint density at radius 2 is 1.87 bits per heavy atom. The lowest BCUT2D eigenvalue weighted by Crippen LogP contribution is -2.16. The van der Waals surface area contributed by atoms with Crippen LogP contribution in [-0.4, -0.2) is 19.2 Å². The molecule has 3 heterocycles. The minimum atomic E-state index is -0.0817. The van der Waals surface area contributed by atoms with Gasteiger partial charge >= 0.3 is 0 Å². The molecule has 1 aromatic carbocycles. The van der Waals surface area contributed by atoms with Gasteiger partial charge in [0.25, 0.3) is 5.56 Å². The van der Waals surface area contributed by atoms with Gasteiger partial charge in [0.2, 0.25) is 5.78 Å². The fraction of sp³-hybridized carbons (Fsp3) is 0.235. The van der Waals surface area contributed by atoms with E-state index in [1.165, 1.54) is 4.52 Å². The van der Waals surface area contributed by atoms with Crippen molar-refractivity contribution in [2.24, 2.45) is 0 Å². The molecule has 0 amide bonds. The highest BCUT2D eigenvalue weighted by Gasteiger charge is 2.17. The fourth-order valence-corrected chi connectivity index (χ4v) is 3.85. The van der Waals surface area contributed by atoms with Gasteiger partial charge in [0.05, 0.1) is 11.9 Å². The molecule has 0 radical (unpaired) electrons. The second-order valence-corrected chi connectivity index (χ2v) is 6.91. The maximum atomic E-state index is 12.8. The zero-order chi connectivity index (χ0) is 16.1. The summed E-state index contributed by atoms with van der Waals surface area (Å²) >= 11 is 1.57. The molecule has 0 aliphatic heterocycles. The van der Waals surface area contributed by atoms with Gasteiger partial charge in [0.1, 0.15) is 10.7 Å². The molecular weight excluding hydrogens is 308 g/mol. The van der Waals surface area contributed by atoms with E-state index < -0.39 is 0 Å². The summed E-state index contributed by atoms with van der Waals surface area (Å²) in [5.74, 6) is 1.38. The van der Waals surface area contributed by atoms with E-state index in [-0.39, 0.29) is 5.56 Å². The van der Waals surface area contributed by atoms with Crippen molar-refractivity contribution in [3.05, 3.63) is 62.5 Å². The standard InChI is InChI=1S/C17H16N4OS/c1-10-11(2)23-15-14(10)16(22)21-17(18-15)20(12(3)19-21)9-13-7-5-4-6-8-13/h4-8H,9H2,1-3H3. The molecule has 23 heavy (non-hydrogen) atoms. The zero-order valence-corrected chi connectivity index (χ0v) is 14.0.